The van der Waals surface area contributed by atoms with Gasteiger partial charge in [0.15, 0.2) is 11.4 Å². The van der Waals surface area contributed by atoms with Crippen molar-refractivity contribution in [2.75, 3.05) is 0 Å². The number of nitrogens with zero attached hydrogens (tertiary/aromatic N) is 4. The van der Waals surface area contributed by atoms with Gasteiger partial charge in [0.05, 0.1) is 23.3 Å². The summed E-state index contributed by atoms with van der Waals surface area (Å²) in [6.07, 6.45) is 4.81. The number of benzene rings is 2. The third kappa shape index (κ3) is 3.65. The van der Waals surface area contributed by atoms with Crippen LogP contribution < -0.4 is 4.74 Å². The van der Waals surface area contributed by atoms with E-state index in [1.165, 1.54) is 0 Å². The van der Waals surface area contributed by atoms with Gasteiger partial charge in [0.25, 0.3) is 0 Å². The topological polar surface area (TPSA) is 61.4 Å². The number of carbonyl (C=O) groups excluding carboxylic acids is 1. The van der Waals surface area contributed by atoms with E-state index < -0.39 is 0 Å². The Morgan fingerprint density at radius 2 is 1.73 bits per heavy atom. The fraction of sp³-hybridized carbons (Fsp3) is 0.296. The summed E-state index contributed by atoms with van der Waals surface area (Å²) in [6.45, 7) is 6.26. The summed E-state index contributed by atoms with van der Waals surface area (Å²) in [5.41, 5.74) is 4.65. The van der Waals surface area contributed by atoms with E-state index >= 15 is 0 Å². The first kappa shape index (κ1) is 21.2. The summed E-state index contributed by atoms with van der Waals surface area (Å²) >= 11 is 0. The maximum Gasteiger partial charge on any atom is 0.311 e. The van der Waals surface area contributed by atoms with E-state index in [1.54, 1.807) is 0 Å². The van der Waals surface area contributed by atoms with E-state index in [1.807, 2.05) is 49.5 Å². The predicted molar refractivity (Wildman–Crippen MR) is 131 cm³/mol. The Hall–Kier alpha value is -3.67. The van der Waals surface area contributed by atoms with Crippen molar-refractivity contribution in [2.45, 2.75) is 52.5 Å². The lowest BCUT2D eigenvalue weighted by Crippen LogP contribution is -2.08. The lowest BCUT2D eigenvalue weighted by atomic mass is 10.1. The number of hydrogen-bond acceptors (Lipinski definition) is 4. The summed E-state index contributed by atoms with van der Waals surface area (Å²) in [5, 5.41) is 0.776. The third-order valence-corrected chi connectivity index (χ3v) is 6.10. The average molecular weight is 441 g/mol. The third-order valence-electron chi connectivity index (χ3n) is 6.10. The van der Waals surface area contributed by atoms with E-state index in [4.69, 9.17) is 14.7 Å². The van der Waals surface area contributed by atoms with Crippen molar-refractivity contribution < 1.29 is 9.53 Å². The van der Waals surface area contributed by atoms with Gasteiger partial charge in [-0.3, -0.25) is 9.20 Å². The lowest BCUT2D eigenvalue weighted by Gasteiger charge is -2.15. The molecule has 0 aliphatic heterocycles. The largest absolute Gasteiger partial charge is 0.424 e. The van der Waals surface area contributed by atoms with Crippen molar-refractivity contribution >= 4 is 33.7 Å². The second kappa shape index (κ2) is 8.70. The summed E-state index contributed by atoms with van der Waals surface area (Å²) in [4.78, 5) is 22.6. The Morgan fingerprint density at radius 1 is 0.970 bits per heavy atom. The minimum atomic E-state index is -0.240. The van der Waals surface area contributed by atoms with Crippen molar-refractivity contribution in [3.05, 3.63) is 72.2 Å². The molecule has 168 valence electrons. The van der Waals surface area contributed by atoms with Crippen LogP contribution in [0, 0.1) is 0 Å². The monoisotopic (exact) mass is 440 g/mol. The molecule has 0 fully saturated rings. The minimum Gasteiger partial charge on any atom is -0.424 e. The smallest absolute Gasteiger partial charge is 0.311 e. The normalized spacial score (nSPS) is 12.6. The molecule has 0 bridgehead atoms. The Labute approximate surface area is 192 Å². The molecule has 1 atom stereocenters. The van der Waals surface area contributed by atoms with Crippen LogP contribution >= 0.6 is 0 Å². The van der Waals surface area contributed by atoms with E-state index in [2.05, 4.69) is 41.0 Å². The van der Waals surface area contributed by atoms with E-state index in [0.29, 0.717) is 12.2 Å². The summed E-state index contributed by atoms with van der Waals surface area (Å²) < 4.78 is 10.1. The molecule has 0 saturated carbocycles. The van der Waals surface area contributed by atoms with Gasteiger partial charge < -0.3 is 9.30 Å². The second-order valence-corrected chi connectivity index (χ2v) is 8.45. The van der Waals surface area contributed by atoms with Gasteiger partial charge in [0, 0.05) is 12.8 Å². The van der Waals surface area contributed by atoms with Crippen LogP contribution in [0.1, 0.15) is 57.5 Å². The molecule has 3 aromatic heterocycles. The molecular formula is C27H28N4O2. The number of para-hydroxylation sites is 2. The number of esters is 1. The highest BCUT2D eigenvalue weighted by Crippen LogP contribution is 2.36. The van der Waals surface area contributed by atoms with Crippen LogP contribution in [-0.4, -0.2) is 24.9 Å². The average Bonchev–Trinajstić information content (AvgIpc) is 3.38. The maximum atomic E-state index is 12.5. The number of carbonyl (C=O) groups is 1. The number of rotatable bonds is 7. The van der Waals surface area contributed by atoms with Crippen molar-refractivity contribution in [1.29, 1.82) is 0 Å². The highest BCUT2D eigenvalue weighted by atomic mass is 16.5. The molecule has 0 saturated heterocycles. The van der Waals surface area contributed by atoms with Crippen molar-refractivity contribution in [3.8, 4) is 5.75 Å². The van der Waals surface area contributed by atoms with Crippen LogP contribution in [0.3, 0.4) is 0 Å². The lowest BCUT2D eigenvalue weighted by molar-refractivity contribution is -0.134. The Balaban J connectivity index is 1.83. The first-order chi connectivity index (χ1) is 16.1. The summed E-state index contributed by atoms with van der Waals surface area (Å²) in [6, 6.07) is 18.4. The van der Waals surface area contributed by atoms with Crippen LogP contribution in [-0.2, 0) is 11.2 Å². The number of aryl methyl sites for hydroxylation is 1. The number of aromatic nitrogens is 4. The molecular weight excluding hydrogens is 412 g/mol. The van der Waals surface area contributed by atoms with Crippen LogP contribution in [0.15, 0.2) is 60.8 Å². The second-order valence-electron chi connectivity index (χ2n) is 8.45. The maximum absolute atomic E-state index is 12.5. The molecule has 5 rings (SSSR count). The van der Waals surface area contributed by atoms with Gasteiger partial charge in [-0.1, -0.05) is 56.3 Å². The van der Waals surface area contributed by atoms with Crippen LogP contribution in [0.25, 0.3) is 27.7 Å². The van der Waals surface area contributed by atoms with Gasteiger partial charge in [0.2, 0.25) is 0 Å². The Bertz CT molecular complexity index is 1450. The fourth-order valence-corrected chi connectivity index (χ4v) is 4.48. The molecule has 6 heteroatoms. The molecule has 0 unspecified atom stereocenters. The molecule has 0 aliphatic rings. The zero-order chi connectivity index (χ0) is 22.9. The van der Waals surface area contributed by atoms with Gasteiger partial charge in [-0.15, -0.1) is 0 Å². The first-order valence-corrected chi connectivity index (χ1v) is 11.7. The molecule has 0 N–H and O–H groups in total. The highest BCUT2D eigenvalue weighted by molar-refractivity contribution is 6.01. The zero-order valence-corrected chi connectivity index (χ0v) is 19.3. The zero-order valence-electron chi connectivity index (χ0n) is 19.3. The van der Waals surface area contributed by atoms with Crippen LogP contribution in [0.5, 0.6) is 5.75 Å². The van der Waals surface area contributed by atoms with E-state index in [0.717, 1.165) is 58.4 Å². The molecule has 0 amide bonds. The molecule has 6 nitrogen and oxygen atoms in total. The molecule has 3 heterocycles. The number of imidazole rings is 1. The van der Waals surface area contributed by atoms with Crippen LogP contribution in [0.2, 0.25) is 0 Å². The molecule has 0 spiro atoms. The Kier molecular flexibility index (Phi) is 5.58. The van der Waals surface area contributed by atoms with Crippen molar-refractivity contribution in [2.24, 2.45) is 0 Å². The molecule has 5 aromatic rings. The molecule has 33 heavy (non-hydrogen) atoms. The number of hydrogen-bond donors (Lipinski definition) is 0. The van der Waals surface area contributed by atoms with Gasteiger partial charge in [-0.05, 0) is 37.5 Å². The van der Waals surface area contributed by atoms with Crippen molar-refractivity contribution in [3.63, 3.8) is 0 Å². The standard InChI is InChI=1S/C27H28N4O2/c1-4-11-23-29-26-25(27-28-20-15-9-10-16-21(20)31(23)27)22(33-24(32)12-5-2)17-30(26)18(3)19-13-7-6-8-14-19/h6-10,13-18H,4-5,11-12H2,1-3H3/t18-/m0/s1. The van der Waals surface area contributed by atoms with E-state index in [-0.39, 0.29) is 12.0 Å². The number of fused-ring (bicyclic) bond motifs is 5. The van der Waals surface area contributed by atoms with Gasteiger partial charge in [-0.2, -0.15) is 0 Å². The summed E-state index contributed by atoms with van der Waals surface area (Å²) in [5.74, 6) is 1.23. The van der Waals surface area contributed by atoms with Gasteiger partial charge in [-0.25, -0.2) is 9.97 Å². The number of ether oxygens (including phenoxy) is 1. The summed E-state index contributed by atoms with van der Waals surface area (Å²) in [7, 11) is 0. The Morgan fingerprint density at radius 3 is 2.48 bits per heavy atom. The van der Waals surface area contributed by atoms with Gasteiger partial charge >= 0.3 is 5.97 Å². The highest BCUT2D eigenvalue weighted by Gasteiger charge is 2.24. The van der Waals surface area contributed by atoms with Crippen LogP contribution in [0.4, 0.5) is 0 Å². The van der Waals surface area contributed by atoms with Gasteiger partial charge in [0.1, 0.15) is 16.9 Å². The minimum absolute atomic E-state index is 0.0149. The quantitative estimate of drug-likeness (QED) is 0.287. The van der Waals surface area contributed by atoms with Crippen molar-refractivity contribution in [1.82, 2.24) is 18.9 Å². The predicted octanol–water partition coefficient (Wildman–Crippen LogP) is 6.10. The molecule has 0 aliphatic carbocycles. The SMILES string of the molecule is CCCC(=O)Oc1cn([C@@H](C)c2ccccc2)c2nc(CCC)n3c4ccccc4nc3c12. The first-order valence-electron chi connectivity index (χ1n) is 11.7. The fourth-order valence-electron chi connectivity index (χ4n) is 4.48. The molecule has 2 aromatic carbocycles. The van der Waals surface area contributed by atoms with E-state index in [9.17, 15) is 4.79 Å². The molecule has 0 radical (unpaired) electrons.